The van der Waals surface area contributed by atoms with Crippen LogP contribution in [-0.2, 0) is 15.8 Å². The number of alkyl halides is 3. The molecule has 2 aromatic rings. The highest BCUT2D eigenvalue weighted by atomic mass is 19.4. The molecule has 0 unspecified atom stereocenters. The van der Waals surface area contributed by atoms with Crippen molar-refractivity contribution >= 4 is 29.1 Å². The minimum absolute atomic E-state index is 0.0349. The van der Waals surface area contributed by atoms with Crippen LogP contribution < -0.4 is 20.9 Å². The maximum atomic E-state index is 12.9. The average Bonchev–Trinajstić information content (AvgIpc) is 3.35. The maximum Gasteiger partial charge on any atom is 0.416 e. The van der Waals surface area contributed by atoms with Crippen molar-refractivity contribution in [1.82, 2.24) is 15.5 Å². The molecular formula is C27H32F3N5O3. The molecule has 0 saturated carbocycles. The van der Waals surface area contributed by atoms with Crippen LogP contribution in [-0.4, -0.2) is 67.4 Å². The van der Waals surface area contributed by atoms with Gasteiger partial charge in [0.05, 0.1) is 12.1 Å². The Labute approximate surface area is 219 Å². The molecule has 2 aliphatic heterocycles. The molecule has 38 heavy (non-hydrogen) atoms. The molecule has 0 radical (unpaired) electrons. The van der Waals surface area contributed by atoms with Crippen LogP contribution in [0.1, 0.15) is 42.1 Å². The van der Waals surface area contributed by atoms with Gasteiger partial charge in [-0.25, -0.2) is 0 Å². The van der Waals surface area contributed by atoms with Crippen LogP contribution in [0.5, 0.6) is 0 Å². The van der Waals surface area contributed by atoms with E-state index in [1.54, 1.807) is 0 Å². The summed E-state index contributed by atoms with van der Waals surface area (Å²) in [7, 11) is 0. The summed E-state index contributed by atoms with van der Waals surface area (Å²) in [6, 6.07) is 12.3. The van der Waals surface area contributed by atoms with E-state index in [9.17, 15) is 27.6 Å². The molecule has 0 bridgehead atoms. The number of rotatable bonds is 7. The summed E-state index contributed by atoms with van der Waals surface area (Å²) < 4.78 is 38.6. The molecule has 1 atom stereocenters. The molecular weight excluding hydrogens is 499 g/mol. The van der Waals surface area contributed by atoms with E-state index in [1.807, 2.05) is 24.3 Å². The first kappa shape index (κ1) is 27.4. The zero-order valence-electron chi connectivity index (χ0n) is 21.2. The number of hydrogen-bond acceptors (Lipinski definition) is 5. The molecule has 8 nitrogen and oxygen atoms in total. The minimum atomic E-state index is -4.54. The smallest absolute Gasteiger partial charge is 0.371 e. The highest BCUT2D eigenvalue weighted by Gasteiger charge is 2.32. The third-order valence-electron chi connectivity index (χ3n) is 6.98. The summed E-state index contributed by atoms with van der Waals surface area (Å²) in [5, 5.41) is 8.10. The van der Waals surface area contributed by atoms with Gasteiger partial charge in [-0.05, 0) is 61.7 Å². The van der Waals surface area contributed by atoms with Crippen molar-refractivity contribution in [3.05, 3.63) is 59.7 Å². The largest absolute Gasteiger partial charge is 0.416 e. The normalized spacial score (nSPS) is 18.7. The Bertz CT molecular complexity index is 1150. The van der Waals surface area contributed by atoms with Gasteiger partial charge in [-0.15, -0.1) is 0 Å². The number of benzene rings is 2. The third-order valence-corrected chi connectivity index (χ3v) is 6.98. The molecule has 4 rings (SSSR count). The lowest BCUT2D eigenvalue weighted by molar-refractivity contribution is -0.137. The standard InChI is InChI=1S/C27H32F3N5O3/c1-18(36)32-21-5-7-23(8-6-21)34-13-10-24(11-14-34)35-12-9-22(17-35)33-25(37)16-31-26(38)19-3-2-4-20(15-19)27(28,29)30/h2-8,15,22,24H,9-14,16-17H2,1H3,(H,31,38)(H,32,36)(H,33,37)/t22-/m1/s1. The van der Waals surface area contributed by atoms with Crippen LogP contribution in [0.25, 0.3) is 0 Å². The molecule has 2 aliphatic rings. The second kappa shape index (κ2) is 11.8. The highest BCUT2D eigenvalue weighted by Crippen LogP contribution is 2.29. The van der Waals surface area contributed by atoms with Gasteiger partial charge in [-0.1, -0.05) is 6.07 Å². The maximum absolute atomic E-state index is 12.9. The highest BCUT2D eigenvalue weighted by molar-refractivity contribution is 5.96. The van der Waals surface area contributed by atoms with Crippen LogP contribution >= 0.6 is 0 Å². The fourth-order valence-corrected chi connectivity index (χ4v) is 5.06. The van der Waals surface area contributed by atoms with Crippen molar-refractivity contribution in [2.24, 2.45) is 0 Å². The number of nitrogens with one attached hydrogen (secondary N) is 3. The van der Waals surface area contributed by atoms with Gasteiger partial charge < -0.3 is 20.9 Å². The van der Waals surface area contributed by atoms with E-state index in [2.05, 4.69) is 25.8 Å². The lowest BCUT2D eigenvalue weighted by Crippen LogP contribution is -2.46. The van der Waals surface area contributed by atoms with Gasteiger partial charge in [0.1, 0.15) is 0 Å². The van der Waals surface area contributed by atoms with Crippen LogP contribution in [0.4, 0.5) is 24.5 Å². The van der Waals surface area contributed by atoms with Crippen LogP contribution in [0.3, 0.4) is 0 Å². The quantitative estimate of drug-likeness (QED) is 0.510. The van der Waals surface area contributed by atoms with Crippen molar-refractivity contribution in [3.8, 4) is 0 Å². The first-order valence-corrected chi connectivity index (χ1v) is 12.7. The van der Waals surface area contributed by atoms with Crippen molar-refractivity contribution in [3.63, 3.8) is 0 Å². The van der Waals surface area contributed by atoms with Crippen molar-refractivity contribution in [2.45, 2.75) is 44.4 Å². The molecule has 3 amide bonds. The summed E-state index contributed by atoms with van der Waals surface area (Å²) >= 11 is 0. The van der Waals surface area contributed by atoms with E-state index >= 15 is 0 Å². The zero-order valence-corrected chi connectivity index (χ0v) is 21.2. The second-order valence-electron chi connectivity index (χ2n) is 9.76. The predicted octanol–water partition coefficient (Wildman–Crippen LogP) is 3.25. The Morgan fingerprint density at radius 1 is 0.974 bits per heavy atom. The lowest BCUT2D eigenvalue weighted by atomic mass is 10.0. The molecule has 11 heteroatoms. The number of anilines is 2. The van der Waals surface area contributed by atoms with E-state index in [1.165, 1.54) is 19.1 Å². The topological polar surface area (TPSA) is 93.8 Å². The second-order valence-corrected chi connectivity index (χ2v) is 9.76. The Hall–Kier alpha value is -3.60. The number of halogens is 3. The number of likely N-dealkylation sites (tertiary alicyclic amines) is 1. The zero-order chi connectivity index (χ0) is 27.3. The number of nitrogens with zero attached hydrogens (tertiary/aromatic N) is 2. The summed E-state index contributed by atoms with van der Waals surface area (Å²) in [5.41, 5.74) is 0.842. The SMILES string of the molecule is CC(=O)Nc1ccc(N2CCC(N3CC[C@@H](NC(=O)CNC(=O)c4cccc(C(F)(F)F)c4)C3)CC2)cc1. The number of carbonyl (C=O) groups excluding carboxylic acids is 3. The summed E-state index contributed by atoms with van der Waals surface area (Å²) in [6.45, 7) is 4.61. The Balaban J connectivity index is 1.18. The summed E-state index contributed by atoms with van der Waals surface area (Å²) in [6.07, 6.45) is -1.74. The van der Waals surface area contributed by atoms with Crippen LogP contribution in [0, 0.1) is 0 Å². The van der Waals surface area contributed by atoms with E-state index in [-0.39, 0.29) is 30.0 Å². The molecule has 2 aromatic carbocycles. The minimum Gasteiger partial charge on any atom is -0.371 e. The van der Waals surface area contributed by atoms with Crippen molar-refractivity contribution in [2.75, 3.05) is 42.9 Å². The Morgan fingerprint density at radius 3 is 2.34 bits per heavy atom. The number of hydrogen-bond donors (Lipinski definition) is 3. The fourth-order valence-electron chi connectivity index (χ4n) is 5.06. The van der Waals surface area contributed by atoms with E-state index in [0.29, 0.717) is 6.04 Å². The van der Waals surface area contributed by atoms with E-state index < -0.39 is 17.6 Å². The Kier molecular flexibility index (Phi) is 8.55. The van der Waals surface area contributed by atoms with Gasteiger partial charge in [0, 0.05) is 62.1 Å². The van der Waals surface area contributed by atoms with Gasteiger partial charge in [-0.3, -0.25) is 19.3 Å². The molecule has 2 heterocycles. The van der Waals surface area contributed by atoms with Crippen molar-refractivity contribution in [1.29, 1.82) is 0 Å². The molecule has 0 aromatic heterocycles. The van der Waals surface area contributed by atoms with Gasteiger partial charge in [0.2, 0.25) is 11.8 Å². The summed E-state index contributed by atoms with van der Waals surface area (Å²) in [4.78, 5) is 40.5. The molecule has 0 aliphatic carbocycles. The number of piperidine rings is 1. The molecule has 2 saturated heterocycles. The predicted molar refractivity (Wildman–Crippen MR) is 138 cm³/mol. The first-order chi connectivity index (χ1) is 18.1. The number of carbonyl (C=O) groups is 3. The van der Waals surface area contributed by atoms with E-state index in [0.717, 1.165) is 68.9 Å². The fraction of sp³-hybridized carbons (Fsp3) is 0.444. The van der Waals surface area contributed by atoms with Gasteiger partial charge in [0.25, 0.3) is 5.91 Å². The van der Waals surface area contributed by atoms with Crippen LogP contribution in [0.15, 0.2) is 48.5 Å². The van der Waals surface area contributed by atoms with Gasteiger partial charge in [-0.2, -0.15) is 13.2 Å². The molecule has 3 N–H and O–H groups in total. The summed E-state index contributed by atoms with van der Waals surface area (Å²) in [5.74, 6) is -1.19. The first-order valence-electron chi connectivity index (χ1n) is 12.7. The molecule has 2 fully saturated rings. The monoisotopic (exact) mass is 531 g/mol. The molecule has 204 valence electrons. The molecule has 0 spiro atoms. The van der Waals surface area contributed by atoms with Gasteiger partial charge in [0.15, 0.2) is 0 Å². The van der Waals surface area contributed by atoms with Gasteiger partial charge >= 0.3 is 6.18 Å². The number of amides is 3. The third kappa shape index (κ3) is 7.25. The average molecular weight is 532 g/mol. The lowest BCUT2D eigenvalue weighted by Gasteiger charge is -2.38. The van der Waals surface area contributed by atoms with Crippen molar-refractivity contribution < 1.29 is 27.6 Å². The Morgan fingerprint density at radius 2 is 1.68 bits per heavy atom. The van der Waals surface area contributed by atoms with E-state index in [4.69, 9.17) is 0 Å². The van der Waals surface area contributed by atoms with Crippen LogP contribution in [0.2, 0.25) is 0 Å².